The summed E-state index contributed by atoms with van der Waals surface area (Å²) in [6.45, 7) is 8.05. The molecule has 1 heterocycles. The number of hydrogen-bond acceptors (Lipinski definition) is 4. The lowest BCUT2D eigenvalue weighted by Crippen LogP contribution is -2.53. The SMILES string of the molecule is C=C1C(=O)O[C@@H]2C3[C@@H](C)C(OC(=O)c4cccc(C(F)(F)F)c4)CC[C@]3(C)CC[C@@H]12. The maximum Gasteiger partial charge on any atom is 0.416 e. The van der Waals surface area contributed by atoms with Crippen LogP contribution in [0.25, 0.3) is 0 Å². The maximum absolute atomic E-state index is 13.0. The quantitative estimate of drug-likeness (QED) is 0.487. The van der Waals surface area contributed by atoms with E-state index < -0.39 is 23.8 Å². The highest BCUT2D eigenvalue weighted by Gasteiger charge is 2.58. The number of carbonyl (C=O) groups is 2. The largest absolute Gasteiger partial charge is 0.458 e. The van der Waals surface area contributed by atoms with Crippen LogP contribution >= 0.6 is 0 Å². The van der Waals surface area contributed by atoms with Crippen LogP contribution < -0.4 is 0 Å². The predicted molar refractivity (Wildman–Crippen MR) is 102 cm³/mol. The van der Waals surface area contributed by atoms with Gasteiger partial charge in [-0.3, -0.25) is 0 Å². The summed E-state index contributed by atoms with van der Waals surface area (Å²) in [6, 6.07) is 4.28. The maximum atomic E-state index is 13.0. The minimum Gasteiger partial charge on any atom is -0.458 e. The Morgan fingerprint density at radius 2 is 1.97 bits per heavy atom. The van der Waals surface area contributed by atoms with Gasteiger partial charge in [-0.05, 0) is 49.3 Å². The second-order valence-electron chi connectivity index (χ2n) is 9.14. The molecule has 0 bridgehead atoms. The first-order valence-electron chi connectivity index (χ1n) is 10.3. The van der Waals surface area contributed by atoms with Gasteiger partial charge in [-0.25, -0.2) is 9.59 Å². The number of hydrogen-bond donors (Lipinski definition) is 0. The van der Waals surface area contributed by atoms with E-state index in [1.54, 1.807) is 0 Å². The molecule has 162 valence electrons. The molecule has 0 spiro atoms. The fraction of sp³-hybridized carbons (Fsp3) is 0.565. The molecule has 1 saturated heterocycles. The number of rotatable bonds is 2. The van der Waals surface area contributed by atoms with Crippen LogP contribution in [0.15, 0.2) is 36.4 Å². The van der Waals surface area contributed by atoms with E-state index in [0.717, 1.165) is 31.4 Å². The molecule has 0 N–H and O–H groups in total. The van der Waals surface area contributed by atoms with E-state index in [2.05, 4.69) is 13.5 Å². The lowest BCUT2D eigenvalue weighted by atomic mass is 9.53. The summed E-state index contributed by atoms with van der Waals surface area (Å²) in [6.07, 6.45) is -2.04. The highest BCUT2D eigenvalue weighted by molar-refractivity contribution is 5.91. The fourth-order valence-electron chi connectivity index (χ4n) is 5.73. The molecule has 2 aliphatic carbocycles. The van der Waals surface area contributed by atoms with Crippen LogP contribution in [0, 0.1) is 23.2 Å². The Bertz CT molecular complexity index is 893. The van der Waals surface area contributed by atoms with Gasteiger partial charge in [-0.2, -0.15) is 13.2 Å². The average molecular weight is 422 g/mol. The van der Waals surface area contributed by atoms with Gasteiger partial charge in [-0.15, -0.1) is 0 Å². The number of benzene rings is 1. The van der Waals surface area contributed by atoms with Crippen molar-refractivity contribution in [2.75, 3.05) is 0 Å². The smallest absolute Gasteiger partial charge is 0.416 e. The lowest BCUT2D eigenvalue weighted by Gasteiger charge is -2.54. The zero-order valence-corrected chi connectivity index (χ0v) is 17.0. The molecular weight excluding hydrogens is 397 g/mol. The second-order valence-corrected chi connectivity index (χ2v) is 9.14. The van der Waals surface area contributed by atoms with Crippen molar-refractivity contribution in [2.45, 2.75) is 57.9 Å². The summed E-state index contributed by atoms with van der Waals surface area (Å²) >= 11 is 0. The molecule has 3 aliphatic rings. The van der Waals surface area contributed by atoms with Gasteiger partial charge in [0.1, 0.15) is 12.2 Å². The van der Waals surface area contributed by atoms with Gasteiger partial charge in [-0.1, -0.05) is 26.5 Å². The van der Waals surface area contributed by atoms with Crippen LogP contribution in [0.3, 0.4) is 0 Å². The number of carbonyl (C=O) groups excluding carboxylic acids is 2. The molecule has 30 heavy (non-hydrogen) atoms. The Kier molecular flexibility index (Phi) is 4.98. The van der Waals surface area contributed by atoms with Crippen molar-refractivity contribution in [3.05, 3.63) is 47.5 Å². The van der Waals surface area contributed by atoms with E-state index >= 15 is 0 Å². The summed E-state index contributed by atoms with van der Waals surface area (Å²) in [5.74, 6) is -1.22. The summed E-state index contributed by atoms with van der Waals surface area (Å²) < 4.78 is 50.3. The van der Waals surface area contributed by atoms with Crippen LogP contribution in [-0.4, -0.2) is 24.1 Å². The van der Waals surface area contributed by atoms with Crippen molar-refractivity contribution >= 4 is 11.9 Å². The molecule has 7 heteroatoms. The van der Waals surface area contributed by atoms with Gasteiger partial charge < -0.3 is 9.47 Å². The number of alkyl halides is 3. The summed E-state index contributed by atoms with van der Waals surface area (Å²) in [5.41, 5.74) is -0.525. The van der Waals surface area contributed by atoms with Gasteiger partial charge >= 0.3 is 18.1 Å². The summed E-state index contributed by atoms with van der Waals surface area (Å²) in [7, 11) is 0. The van der Waals surface area contributed by atoms with Crippen LogP contribution in [0.2, 0.25) is 0 Å². The highest BCUT2D eigenvalue weighted by atomic mass is 19.4. The predicted octanol–water partition coefficient (Wildman–Crippen LogP) is 5.17. The third kappa shape index (κ3) is 3.42. The fourth-order valence-corrected chi connectivity index (χ4v) is 5.73. The Morgan fingerprint density at radius 1 is 1.27 bits per heavy atom. The number of halogens is 3. The number of fused-ring (bicyclic) bond motifs is 3. The minimum absolute atomic E-state index is 0.00695. The third-order valence-corrected chi connectivity index (χ3v) is 7.37. The first kappa shape index (κ1) is 20.9. The molecule has 2 unspecified atom stereocenters. The molecule has 2 saturated carbocycles. The van der Waals surface area contributed by atoms with Crippen LogP contribution in [-0.2, 0) is 20.4 Å². The van der Waals surface area contributed by atoms with E-state index in [0.29, 0.717) is 12.0 Å². The number of ether oxygens (including phenoxy) is 2. The molecule has 4 rings (SSSR count). The van der Waals surface area contributed by atoms with Crippen molar-refractivity contribution in [2.24, 2.45) is 23.2 Å². The van der Waals surface area contributed by atoms with Gasteiger partial charge in [0.25, 0.3) is 0 Å². The monoisotopic (exact) mass is 422 g/mol. The average Bonchev–Trinajstić information content (AvgIpc) is 2.97. The normalized spacial score (nSPS) is 36.0. The molecule has 0 radical (unpaired) electrons. The molecule has 1 aromatic carbocycles. The zero-order valence-electron chi connectivity index (χ0n) is 17.0. The van der Waals surface area contributed by atoms with Crippen molar-refractivity contribution in [1.29, 1.82) is 0 Å². The second kappa shape index (κ2) is 7.13. The Balaban J connectivity index is 1.53. The van der Waals surface area contributed by atoms with Crippen molar-refractivity contribution in [3.8, 4) is 0 Å². The van der Waals surface area contributed by atoms with Crippen LogP contribution in [0.1, 0.15) is 55.5 Å². The summed E-state index contributed by atoms with van der Waals surface area (Å²) in [4.78, 5) is 24.7. The van der Waals surface area contributed by atoms with E-state index in [4.69, 9.17) is 9.47 Å². The first-order chi connectivity index (χ1) is 14.0. The van der Waals surface area contributed by atoms with Gasteiger partial charge in [0.2, 0.25) is 0 Å². The summed E-state index contributed by atoms with van der Waals surface area (Å²) in [5, 5.41) is 0. The molecule has 1 aliphatic heterocycles. The molecule has 6 atom stereocenters. The molecule has 4 nitrogen and oxygen atoms in total. The standard InChI is InChI=1S/C23H25F3O4/c1-12-16-7-9-22(3)10-8-17(13(2)18(22)19(16)30-20(12)27)29-21(28)14-5-4-6-15(11-14)23(24,25)26/h4-6,11,13,16-19H,1,7-10H2,2-3H3/t13-,16-,17?,18?,19-,22-/m0/s1. The Labute approximate surface area is 173 Å². The molecule has 0 aromatic heterocycles. The lowest BCUT2D eigenvalue weighted by molar-refractivity contribution is -0.159. The highest BCUT2D eigenvalue weighted by Crippen LogP contribution is 2.58. The van der Waals surface area contributed by atoms with Crippen molar-refractivity contribution < 1.29 is 32.2 Å². The molecule has 0 amide bonds. The van der Waals surface area contributed by atoms with Gasteiger partial charge in [0.15, 0.2) is 0 Å². The third-order valence-electron chi connectivity index (χ3n) is 7.37. The molecule has 3 fully saturated rings. The van der Waals surface area contributed by atoms with Crippen molar-refractivity contribution in [3.63, 3.8) is 0 Å². The van der Waals surface area contributed by atoms with E-state index in [-0.39, 0.29) is 40.8 Å². The number of esters is 2. The first-order valence-corrected chi connectivity index (χ1v) is 10.3. The van der Waals surface area contributed by atoms with Gasteiger partial charge in [0, 0.05) is 23.3 Å². The van der Waals surface area contributed by atoms with E-state index in [1.165, 1.54) is 12.1 Å². The van der Waals surface area contributed by atoms with Crippen LogP contribution in [0.4, 0.5) is 13.2 Å². The minimum atomic E-state index is -4.53. The van der Waals surface area contributed by atoms with E-state index in [1.807, 2.05) is 6.92 Å². The molecule has 1 aromatic rings. The van der Waals surface area contributed by atoms with Crippen LogP contribution in [0.5, 0.6) is 0 Å². The Morgan fingerprint density at radius 3 is 2.67 bits per heavy atom. The zero-order chi connectivity index (χ0) is 21.8. The Hall–Kier alpha value is -2.31. The van der Waals surface area contributed by atoms with Gasteiger partial charge in [0.05, 0.1) is 11.1 Å². The van der Waals surface area contributed by atoms with Crippen molar-refractivity contribution in [1.82, 2.24) is 0 Å². The van der Waals surface area contributed by atoms with E-state index in [9.17, 15) is 22.8 Å². The topological polar surface area (TPSA) is 52.6 Å². The molecular formula is C23H25F3O4.